The fourth-order valence-electron chi connectivity index (χ4n) is 16.7. The number of nitrogens with zero attached hydrogens (tertiary/aromatic N) is 4. The highest BCUT2D eigenvalue weighted by atomic mass is 15.1. The first-order chi connectivity index (χ1) is 51.5. The molecule has 0 unspecified atom stereocenters. The minimum absolute atomic E-state index is 0.869. The third kappa shape index (κ3) is 9.76. The van der Waals surface area contributed by atoms with Gasteiger partial charge in [-0.05, 0) is 228 Å². The number of para-hydroxylation sites is 2. The summed E-state index contributed by atoms with van der Waals surface area (Å²) in [6, 6.07) is 138. The minimum atomic E-state index is 0.869. The van der Waals surface area contributed by atoms with E-state index >= 15 is 0 Å². The van der Waals surface area contributed by atoms with Gasteiger partial charge in [0, 0.05) is 32.7 Å². The Balaban J connectivity index is 0.626. The zero-order chi connectivity index (χ0) is 68.3. The number of aromatic nitrogens is 4. The van der Waals surface area contributed by atoms with E-state index in [1.165, 1.54) is 120 Å². The van der Waals surface area contributed by atoms with Gasteiger partial charge in [0.2, 0.25) is 0 Å². The minimum Gasteiger partial charge on any atom is -0.294 e. The molecular formula is C100H62N4. The van der Waals surface area contributed by atoms with Crippen LogP contribution in [-0.4, -0.2) is 19.1 Å². The Morgan fingerprint density at radius 3 is 0.779 bits per heavy atom. The van der Waals surface area contributed by atoms with E-state index in [4.69, 9.17) is 9.97 Å². The number of rotatable bonds is 10. The molecule has 0 amide bonds. The summed E-state index contributed by atoms with van der Waals surface area (Å²) in [4.78, 5) is 10.9. The molecule has 0 bridgehead atoms. The molecule has 0 aliphatic rings. The summed E-state index contributed by atoms with van der Waals surface area (Å²) >= 11 is 0. The van der Waals surface area contributed by atoms with Crippen LogP contribution in [0.25, 0.3) is 209 Å². The lowest BCUT2D eigenvalue weighted by Gasteiger charge is -2.15. The van der Waals surface area contributed by atoms with Crippen molar-refractivity contribution in [1.82, 2.24) is 19.1 Å². The molecule has 0 radical (unpaired) electrons. The Bertz CT molecular complexity index is 6990. The molecule has 0 spiro atoms. The Kier molecular flexibility index (Phi) is 13.6. The molecule has 0 aliphatic heterocycles. The second kappa shape index (κ2) is 24.0. The summed E-state index contributed by atoms with van der Waals surface area (Å²) in [5.74, 6) is 1.77. The number of fused-ring (bicyclic) bond motifs is 18. The van der Waals surface area contributed by atoms with Crippen LogP contribution in [0.15, 0.2) is 376 Å². The van der Waals surface area contributed by atoms with E-state index in [0.717, 1.165) is 89.6 Å². The maximum atomic E-state index is 5.52. The smallest absolute Gasteiger partial charge is 0.138 e. The van der Waals surface area contributed by atoms with Crippen molar-refractivity contribution in [3.63, 3.8) is 0 Å². The van der Waals surface area contributed by atoms with E-state index in [1.807, 2.05) is 0 Å². The summed E-state index contributed by atoms with van der Waals surface area (Å²) in [5, 5.41) is 19.8. The van der Waals surface area contributed by atoms with Crippen LogP contribution < -0.4 is 0 Å². The van der Waals surface area contributed by atoms with Crippen molar-refractivity contribution in [1.29, 1.82) is 0 Å². The third-order valence-electron chi connectivity index (χ3n) is 21.7. The standard InChI is InChI=1S/C100H62N4/c1-3-19-63(20-4-1)69-44-52-84-88-57-70(43-49-82(88)83-51-46-74(60-89(83)90(84)58-69)68-24-16-26-76(56-68)93-33-17-37-99(101-93)103-95-35-13-11-31-85(95)86-32-12-14-36-96(86)103)65-39-41-66(42-40-65)72-48-54-98-92(62-72)91-61-71(64-21-5-2-6-22-64)47-53-97(91)104(98)100-38-18-34-94(102-100)75-25-15-23-67(55-75)73-45-50-81-79-29-8-7-27-77(79)78-28-9-10-30-80(78)87(81)59-73/h1-62H. The van der Waals surface area contributed by atoms with E-state index < -0.39 is 0 Å². The zero-order valence-corrected chi connectivity index (χ0v) is 56.6. The van der Waals surface area contributed by atoms with Crippen molar-refractivity contribution < 1.29 is 0 Å². The lowest BCUT2D eigenvalue weighted by Crippen LogP contribution is -1.98. The van der Waals surface area contributed by atoms with Gasteiger partial charge in [-0.15, -0.1) is 0 Å². The van der Waals surface area contributed by atoms with Gasteiger partial charge in [0.1, 0.15) is 11.6 Å². The monoisotopic (exact) mass is 1320 g/mol. The highest BCUT2D eigenvalue weighted by Crippen LogP contribution is 2.45. The van der Waals surface area contributed by atoms with E-state index in [-0.39, 0.29) is 0 Å². The molecule has 482 valence electrons. The summed E-state index contributed by atoms with van der Waals surface area (Å²) in [7, 11) is 0. The average Bonchev–Trinajstić information content (AvgIpc) is 1.70. The van der Waals surface area contributed by atoms with Gasteiger partial charge in [-0.3, -0.25) is 9.13 Å². The van der Waals surface area contributed by atoms with Gasteiger partial charge >= 0.3 is 0 Å². The van der Waals surface area contributed by atoms with E-state index in [0.29, 0.717) is 0 Å². The molecule has 21 aromatic rings. The maximum Gasteiger partial charge on any atom is 0.138 e. The summed E-state index contributed by atoms with van der Waals surface area (Å²) < 4.78 is 4.63. The molecule has 4 heterocycles. The number of benzene rings is 17. The number of hydrogen-bond donors (Lipinski definition) is 0. The number of pyridine rings is 2. The van der Waals surface area contributed by atoms with Crippen LogP contribution in [0.5, 0.6) is 0 Å². The summed E-state index contributed by atoms with van der Waals surface area (Å²) in [5.41, 5.74) is 22.5. The normalized spacial score (nSPS) is 11.8. The van der Waals surface area contributed by atoms with E-state index in [9.17, 15) is 0 Å². The van der Waals surface area contributed by atoms with Gasteiger partial charge in [0.25, 0.3) is 0 Å². The van der Waals surface area contributed by atoms with Crippen molar-refractivity contribution in [2.45, 2.75) is 0 Å². The first-order valence-corrected chi connectivity index (χ1v) is 35.7. The van der Waals surface area contributed by atoms with Gasteiger partial charge in [0.05, 0.1) is 33.5 Å². The lowest BCUT2D eigenvalue weighted by atomic mass is 9.88. The molecule has 4 heteroatoms. The van der Waals surface area contributed by atoms with Crippen LogP contribution in [0.3, 0.4) is 0 Å². The van der Waals surface area contributed by atoms with Crippen molar-refractivity contribution in [3.05, 3.63) is 376 Å². The van der Waals surface area contributed by atoms with Crippen molar-refractivity contribution >= 4 is 108 Å². The summed E-state index contributed by atoms with van der Waals surface area (Å²) in [6.07, 6.45) is 0. The molecule has 0 saturated carbocycles. The van der Waals surface area contributed by atoms with Crippen LogP contribution in [-0.2, 0) is 0 Å². The Labute approximate surface area is 600 Å². The topological polar surface area (TPSA) is 35.6 Å². The highest BCUT2D eigenvalue weighted by Gasteiger charge is 2.20. The highest BCUT2D eigenvalue weighted by molar-refractivity contribution is 6.28. The van der Waals surface area contributed by atoms with Crippen LogP contribution >= 0.6 is 0 Å². The predicted octanol–water partition coefficient (Wildman–Crippen LogP) is 26.9. The first-order valence-electron chi connectivity index (χ1n) is 35.7. The van der Waals surface area contributed by atoms with E-state index in [1.54, 1.807) is 0 Å². The number of hydrogen-bond acceptors (Lipinski definition) is 2. The van der Waals surface area contributed by atoms with Crippen LogP contribution in [0.2, 0.25) is 0 Å². The molecule has 0 atom stereocenters. The van der Waals surface area contributed by atoms with Gasteiger partial charge < -0.3 is 0 Å². The zero-order valence-electron chi connectivity index (χ0n) is 56.6. The predicted molar refractivity (Wildman–Crippen MR) is 439 cm³/mol. The molecule has 4 aromatic heterocycles. The largest absolute Gasteiger partial charge is 0.294 e. The quantitative estimate of drug-likeness (QED) is 0.128. The SMILES string of the molecule is c1ccc(-c2ccc3c4cc(-c5ccc(-c6ccc7c(c6)c6cc(-c8ccccc8)ccc6n7-c6cccc(-c7cccc(-c8ccc9c%10ccccc%10c%10ccccc%10c9c8)c7)n6)cc5)ccc4c4ccc(-c5cccc(-c6cccc(-n7c8ccccc8c8ccccc87)n6)c5)cc4c3c2)cc1. The molecule has 4 nitrogen and oxygen atoms in total. The first kappa shape index (κ1) is 59.1. The van der Waals surface area contributed by atoms with Gasteiger partial charge in [-0.25, -0.2) is 9.97 Å². The van der Waals surface area contributed by atoms with E-state index in [2.05, 4.69) is 385 Å². The lowest BCUT2D eigenvalue weighted by molar-refractivity contribution is 1.08. The summed E-state index contributed by atoms with van der Waals surface area (Å²) in [6.45, 7) is 0. The molecule has 17 aromatic carbocycles. The van der Waals surface area contributed by atoms with Crippen molar-refractivity contribution in [2.24, 2.45) is 0 Å². The van der Waals surface area contributed by atoms with Gasteiger partial charge in [-0.1, -0.05) is 279 Å². The van der Waals surface area contributed by atoms with Crippen molar-refractivity contribution in [3.8, 4) is 101 Å². The molecule has 0 fully saturated rings. The van der Waals surface area contributed by atoms with Crippen molar-refractivity contribution in [2.75, 3.05) is 0 Å². The average molecular weight is 1320 g/mol. The third-order valence-corrected chi connectivity index (χ3v) is 21.7. The fourth-order valence-corrected chi connectivity index (χ4v) is 16.7. The van der Waals surface area contributed by atoms with Crippen LogP contribution in [0, 0.1) is 0 Å². The van der Waals surface area contributed by atoms with Crippen LogP contribution in [0.4, 0.5) is 0 Å². The molecule has 104 heavy (non-hydrogen) atoms. The fraction of sp³-hybridized carbons (Fsp3) is 0. The molecular weight excluding hydrogens is 1260 g/mol. The molecule has 0 N–H and O–H groups in total. The maximum absolute atomic E-state index is 5.52. The van der Waals surface area contributed by atoms with Gasteiger partial charge in [0.15, 0.2) is 0 Å². The Morgan fingerprint density at radius 2 is 0.375 bits per heavy atom. The second-order valence-electron chi connectivity index (χ2n) is 27.5. The van der Waals surface area contributed by atoms with Gasteiger partial charge in [-0.2, -0.15) is 0 Å². The second-order valence-corrected chi connectivity index (χ2v) is 27.5. The molecule has 21 rings (SSSR count). The molecule has 0 aliphatic carbocycles. The Morgan fingerprint density at radius 1 is 0.135 bits per heavy atom. The Hall–Kier alpha value is -13.8. The van der Waals surface area contributed by atoms with Crippen LogP contribution in [0.1, 0.15) is 0 Å². The molecule has 0 saturated heterocycles.